The number of aromatic nitrogens is 1. The standard InChI is InChI=1S/C11H14N2/c1-8-6-13-10-5-3-4-9(7-12-2)11(8)10/h3-6,12-13H,7H2,1-2H3. The molecule has 2 nitrogen and oxygen atoms in total. The van der Waals surface area contributed by atoms with Crippen LogP contribution in [0.25, 0.3) is 10.9 Å². The topological polar surface area (TPSA) is 27.8 Å². The summed E-state index contributed by atoms with van der Waals surface area (Å²) in [6.45, 7) is 3.06. The number of fused-ring (bicyclic) bond motifs is 1. The van der Waals surface area contributed by atoms with Gasteiger partial charge in [-0.3, -0.25) is 0 Å². The van der Waals surface area contributed by atoms with Crippen molar-refractivity contribution in [1.82, 2.24) is 10.3 Å². The summed E-state index contributed by atoms with van der Waals surface area (Å²) in [5.74, 6) is 0. The Morgan fingerprint density at radius 3 is 3.00 bits per heavy atom. The van der Waals surface area contributed by atoms with Crippen molar-refractivity contribution in [2.24, 2.45) is 0 Å². The smallest absolute Gasteiger partial charge is 0.0459 e. The molecule has 0 spiro atoms. The summed E-state index contributed by atoms with van der Waals surface area (Å²) in [7, 11) is 1.97. The van der Waals surface area contributed by atoms with Crippen LogP contribution in [0.2, 0.25) is 0 Å². The van der Waals surface area contributed by atoms with Crippen molar-refractivity contribution in [3.63, 3.8) is 0 Å². The molecule has 1 aromatic heterocycles. The Bertz CT molecular complexity index is 415. The van der Waals surface area contributed by atoms with Gasteiger partial charge in [0.1, 0.15) is 0 Å². The van der Waals surface area contributed by atoms with Crippen LogP contribution in [0.15, 0.2) is 24.4 Å². The zero-order valence-electron chi connectivity index (χ0n) is 8.02. The molecule has 0 aliphatic heterocycles. The maximum atomic E-state index is 3.26. The molecule has 2 aromatic rings. The first-order valence-electron chi connectivity index (χ1n) is 4.53. The van der Waals surface area contributed by atoms with Gasteiger partial charge in [0.2, 0.25) is 0 Å². The number of aryl methyl sites for hydroxylation is 1. The first kappa shape index (κ1) is 8.32. The van der Waals surface area contributed by atoms with Crippen LogP contribution in [0.4, 0.5) is 0 Å². The lowest BCUT2D eigenvalue weighted by molar-refractivity contribution is 0.823. The molecule has 0 saturated heterocycles. The van der Waals surface area contributed by atoms with Crippen molar-refractivity contribution >= 4 is 10.9 Å². The number of aromatic amines is 1. The fourth-order valence-corrected chi connectivity index (χ4v) is 1.78. The van der Waals surface area contributed by atoms with E-state index in [1.54, 1.807) is 0 Å². The number of hydrogen-bond donors (Lipinski definition) is 2. The van der Waals surface area contributed by atoms with Crippen LogP contribution < -0.4 is 5.32 Å². The van der Waals surface area contributed by atoms with Gasteiger partial charge >= 0.3 is 0 Å². The molecule has 0 saturated carbocycles. The minimum atomic E-state index is 0.927. The molecule has 13 heavy (non-hydrogen) atoms. The maximum Gasteiger partial charge on any atom is 0.0459 e. The molecule has 1 heterocycles. The summed E-state index contributed by atoms with van der Waals surface area (Å²) in [5.41, 5.74) is 3.91. The van der Waals surface area contributed by atoms with Gasteiger partial charge in [-0.2, -0.15) is 0 Å². The molecule has 0 unspecified atom stereocenters. The van der Waals surface area contributed by atoms with Crippen LogP contribution in [0.1, 0.15) is 11.1 Å². The van der Waals surface area contributed by atoms with Crippen molar-refractivity contribution < 1.29 is 0 Å². The molecule has 1 aromatic carbocycles. The Morgan fingerprint density at radius 2 is 2.23 bits per heavy atom. The zero-order chi connectivity index (χ0) is 9.26. The highest BCUT2D eigenvalue weighted by Gasteiger charge is 2.03. The fraction of sp³-hybridized carbons (Fsp3) is 0.273. The van der Waals surface area contributed by atoms with Crippen molar-refractivity contribution in [2.75, 3.05) is 7.05 Å². The SMILES string of the molecule is CNCc1cccc2[nH]cc(C)c12. The fourth-order valence-electron chi connectivity index (χ4n) is 1.78. The molecule has 0 radical (unpaired) electrons. The second-order valence-electron chi connectivity index (χ2n) is 3.34. The summed E-state index contributed by atoms with van der Waals surface area (Å²) < 4.78 is 0. The second kappa shape index (κ2) is 3.23. The average molecular weight is 174 g/mol. The predicted molar refractivity (Wildman–Crippen MR) is 55.8 cm³/mol. The first-order valence-corrected chi connectivity index (χ1v) is 4.53. The van der Waals surface area contributed by atoms with E-state index in [4.69, 9.17) is 0 Å². The van der Waals surface area contributed by atoms with Gasteiger partial charge in [-0.05, 0) is 31.2 Å². The number of nitrogens with one attached hydrogen (secondary N) is 2. The lowest BCUT2D eigenvalue weighted by atomic mass is 10.1. The molecule has 2 rings (SSSR count). The summed E-state index contributed by atoms with van der Waals surface area (Å²) in [6, 6.07) is 6.37. The number of hydrogen-bond acceptors (Lipinski definition) is 1. The van der Waals surface area contributed by atoms with Crippen molar-refractivity contribution in [1.29, 1.82) is 0 Å². The summed E-state index contributed by atoms with van der Waals surface area (Å²) >= 11 is 0. The highest BCUT2D eigenvalue weighted by atomic mass is 14.8. The lowest BCUT2D eigenvalue weighted by Gasteiger charge is -2.02. The van der Waals surface area contributed by atoms with Gasteiger partial charge in [-0.25, -0.2) is 0 Å². The second-order valence-corrected chi connectivity index (χ2v) is 3.34. The lowest BCUT2D eigenvalue weighted by Crippen LogP contribution is -2.05. The molecule has 0 amide bonds. The van der Waals surface area contributed by atoms with E-state index in [0.717, 1.165) is 6.54 Å². The van der Waals surface area contributed by atoms with Crippen molar-refractivity contribution in [3.05, 3.63) is 35.5 Å². The zero-order valence-corrected chi connectivity index (χ0v) is 8.02. The molecule has 2 N–H and O–H groups in total. The number of H-pyrrole nitrogens is 1. The van der Waals surface area contributed by atoms with Gasteiger partial charge in [0.25, 0.3) is 0 Å². The summed E-state index contributed by atoms with van der Waals surface area (Å²) in [5, 5.41) is 4.54. The number of benzene rings is 1. The van der Waals surface area contributed by atoms with Gasteiger partial charge in [0.05, 0.1) is 0 Å². The Kier molecular flexibility index (Phi) is 2.07. The maximum absolute atomic E-state index is 3.26. The molecular formula is C11H14N2. The molecule has 0 fully saturated rings. The van der Waals surface area contributed by atoms with Crippen LogP contribution in [0, 0.1) is 6.92 Å². The van der Waals surface area contributed by atoms with E-state index in [9.17, 15) is 0 Å². The molecule has 0 bridgehead atoms. The third kappa shape index (κ3) is 1.33. The molecule has 68 valence electrons. The minimum absolute atomic E-state index is 0.927. The third-order valence-corrected chi connectivity index (χ3v) is 2.36. The van der Waals surface area contributed by atoms with E-state index in [1.807, 2.05) is 7.05 Å². The largest absolute Gasteiger partial charge is 0.361 e. The molecule has 0 aliphatic carbocycles. The van der Waals surface area contributed by atoms with Gasteiger partial charge < -0.3 is 10.3 Å². The van der Waals surface area contributed by atoms with E-state index in [-0.39, 0.29) is 0 Å². The summed E-state index contributed by atoms with van der Waals surface area (Å²) in [6.07, 6.45) is 2.06. The average Bonchev–Trinajstić information content (AvgIpc) is 2.50. The first-order chi connectivity index (χ1) is 6.33. The highest BCUT2D eigenvalue weighted by molar-refractivity contribution is 5.86. The Hall–Kier alpha value is -1.28. The van der Waals surface area contributed by atoms with E-state index in [0.29, 0.717) is 0 Å². The quantitative estimate of drug-likeness (QED) is 0.717. The minimum Gasteiger partial charge on any atom is -0.361 e. The van der Waals surface area contributed by atoms with E-state index >= 15 is 0 Å². The monoisotopic (exact) mass is 174 g/mol. The Morgan fingerprint density at radius 1 is 1.38 bits per heavy atom. The van der Waals surface area contributed by atoms with E-state index in [1.165, 1.54) is 22.0 Å². The van der Waals surface area contributed by atoms with Gasteiger partial charge in [0, 0.05) is 23.6 Å². The van der Waals surface area contributed by atoms with Gasteiger partial charge in [-0.15, -0.1) is 0 Å². The van der Waals surface area contributed by atoms with Gasteiger partial charge in [0.15, 0.2) is 0 Å². The number of rotatable bonds is 2. The van der Waals surface area contributed by atoms with Gasteiger partial charge in [-0.1, -0.05) is 12.1 Å². The predicted octanol–water partition coefficient (Wildman–Crippen LogP) is 2.20. The molecular weight excluding hydrogens is 160 g/mol. The van der Waals surface area contributed by atoms with E-state index in [2.05, 4.69) is 41.6 Å². The van der Waals surface area contributed by atoms with Crippen LogP contribution in [0.3, 0.4) is 0 Å². The third-order valence-electron chi connectivity index (χ3n) is 2.36. The highest BCUT2D eigenvalue weighted by Crippen LogP contribution is 2.21. The molecule has 2 heteroatoms. The van der Waals surface area contributed by atoms with Crippen LogP contribution >= 0.6 is 0 Å². The Labute approximate surface area is 78.0 Å². The van der Waals surface area contributed by atoms with Crippen LogP contribution in [0.5, 0.6) is 0 Å². The van der Waals surface area contributed by atoms with E-state index < -0.39 is 0 Å². The summed E-state index contributed by atoms with van der Waals surface area (Å²) in [4.78, 5) is 3.26. The molecule has 0 atom stereocenters. The van der Waals surface area contributed by atoms with Crippen LogP contribution in [-0.4, -0.2) is 12.0 Å². The van der Waals surface area contributed by atoms with Crippen LogP contribution in [-0.2, 0) is 6.54 Å². The Balaban J connectivity index is 2.65. The molecule has 0 aliphatic rings. The van der Waals surface area contributed by atoms with Crippen molar-refractivity contribution in [2.45, 2.75) is 13.5 Å². The van der Waals surface area contributed by atoms with Crippen molar-refractivity contribution in [3.8, 4) is 0 Å². The normalized spacial score (nSPS) is 10.9.